The number of pyridine rings is 1. The molecule has 0 radical (unpaired) electrons. The van der Waals surface area contributed by atoms with Crippen LogP contribution in [-0.4, -0.2) is 9.38 Å². The highest BCUT2D eigenvalue weighted by atomic mass is 35.5. The number of nitrogens with zero attached hydrogens (tertiary/aromatic N) is 2. The zero-order valence-electron chi connectivity index (χ0n) is 8.42. The molecule has 2 heterocycles. The Bertz CT molecular complexity index is 460. The van der Waals surface area contributed by atoms with Gasteiger partial charge in [-0.25, -0.2) is 4.98 Å². The van der Waals surface area contributed by atoms with Gasteiger partial charge in [-0.1, -0.05) is 6.92 Å². The first-order chi connectivity index (χ1) is 6.76. The standard InChI is InChI=1S/C11H13ClN2/c1-3-11-13-9(7-12)10-6-8(2)4-5-14(10)11/h4-6H,3,7H2,1-2H3. The summed E-state index contributed by atoms with van der Waals surface area (Å²) in [7, 11) is 0. The van der Waals surface area contributed by atoms with Gasteiger partial charge < -0.3 is 4.40 Å². The van der Waals surface area contributed by atoms with Crippen molar-refractivity contribution >= 4 is 17.1 Å². The number of aryl methyl sites for hydroxylation is 2. The summed E-state index contributed by atoms with van der Waals surface area (Å²) in [5.41, 5.74) is 3.36. The number of hydrogen-bond acceptors (Lipinski definition) is 1. The van der Waals surface area contributed by atoms with Crippen LogP contribution in [0.5, 0.6) is 0 Å². The summed E-state index contributed by atoms with van der Waals surface area (Å²) >= 11 is 5.85. The van der Waals surface area contributed by atoms with Gasteiger partial charge in [0.05, 0.1) is 17.1 Å². The molecule has 0 spiro atoms. The molecule has 2 rings (SSSR count). The van der Waals surface area contributed by atoms with Crippen LogP contribution < -0.4 is 0 Å². The summed E-state index contributed by atoms with van der Waals surface area (Å²) in [5.74, 6) is 1.56. The van der Waals surface area contributed by atoms with Crippen molar-refractivity contribution in [2.45, 2.75) is 26.1 Å². The highest BCUT2D eigenvalue weighted by Crippen LogP contribution is 2.16. The highest BCUT2D eigenvalue weighted by molar-refractivity contribution is 6.17. The van der Waals surface area contributed by atoms with Crippen LogP contribution in [0.15, 0.2) is 18.3 Å². The molecule has 0 N–H and O–H groups in total. The Hall–Kier alpha value is -1.02. The van der Waals surface area contributed by atoms with Crippen molar-refractivity contribution in [2.24, 2.45) is 0 Å². The average Bonchev–Trinajstić information content (AvgIpc) is 2.55. The summed E-state index contributed by atoms with van der Waals surface area (Å²) in [6.07, 6.45) is 2.99. The lowest BCUT2D eigenvalue weighted by Gasteiger charge is -1.99. The Morgan fingerprint density at radius 2 is 2.29 bits per heavy atom. The van der Waals surface area contributed by atoms with Gasteiger partial charge in [0.2, 0.25) is 0 Å². The molecular formula is C11H13ClN2. The molecule has 0 aliphatic heterocycles. The maximum Gasteiger partial charge on any atom is 0.113 e. The summed E-state index contributed by atoms with van der Waals surface area (Å²) in [4.78, 5) is 4.50. The van der Waals surface area contributed by atoms with Gasteiger partial charge in [0.25, 0.3) is 0 Å². The van der Waals surface area contributed by atoms with Crippen molar-refractivity contribution in [2.75, 3.05) is 0 Å². The summed E-state index contributed by atoms with van der Waals surface area (Å²) in [6.45, 7) is 4.18. The smallest absolute Gasteiger partial charge is 0.113 e. The molecule has 14 heavy (non-hydrogen) atoms. The molecule has 2 aromatic rings. The van der Waals surface area contributed by atoms with Crippen LogP contribution in [0, 0.1) is 6.92 Å². The van der Waals surface area contributed by atoms with Gasteiger partial charge >= 0.3 is 0 Å². The Balaban J connectivity index is 2.75. The Kier molecular flexibility index (Phi) is 2.46. The third-order valence-electron chi connectivity index (χ3n) is 2.39. The molecule has 2 nitrogen and oxygen atoms in total. The van der Waals surface area contributed by atoms with E-state index in [-0.39, 0.29) is 0 Å². The van der Waals surface area contributed by atoms with E-state index in [1.54, 1.807) is 0 Å². The number of hydrogen-bond donors (Lipinski definition) is 0. The first-order valence-electron chi connectivity index (χ1n) is 4.78. The summed E-state index contributed by atoms with van der Waals surface area (Å²) in [6, 6.07) is 4.22. The van der Waals surface area contributed by atoms with Crippen molar-refractivity contribution in [1.82, 2.24) is 9.38 Å². The van der Waals surface area contributed by atoms with Crippen LogP contribution in [0.25, 0.3) is 5.52 Å². The van der Waals surface area contributed by atoms with E-state index in [2.05, 4.69) is 41.6 Å². The monoisotopic (exact) mass is 208 g/mol. The van der Waals surface area contributed by atoms with Gasteiger partial charge in [0.1, 0.15) is 5.82 Å². The van der Waals surface area contributed by atoms with E-state index < -0.39 is 0 Å². The van der Waals surface area contributed by atoms with E-state index in [0.717, 1.165) is 23.5 Å². The van der Waals surface area contributed by atoms with Gasteiger partial charge in [-0.2, -0.15) is 0 Å². The molecule has 0 unspecified atom stereocenters. The van der Waals surface area contributed by atoms with Crippen molar-refractivity contribution in [3.05, 3.63) is 35.4 Å². The second-order valence-electron chi connectivity index (χ2n) is 3.42. The number of alkyl halides is 1. The first kappa shape index (κ1) is 9.53. The minimum absolute atomic E-state index is 0.479. The van der Waals surface area contributed by atoms with Crippen LogP contribution in [0.4, 0.5) is 0 Å². The van der Waals surface area contributed by atoms with Gasteiger partial charge in [-0.15, -0.1) is 11.6 Å². The molecular weight excluding hydrogens is 196 g/mol. The van der Waals surface area contributed by atoms with Crippen LogP contribution in [-0.2, 0) is 12.3 Å². The van der Waals surface area contributed by atoms with E-state index >= 15 is 0 Å². The van der Waals surface area contributed by atoms with E-state index in [1.165, 1.54) is 5.56 Å². The third kappa shape index (κ3) is 1.40. The molecule has 74 valence electrons. The Labute approximate surface area is 88.5 Å². The SMILES string of the molecule is CCc1nc(CCl)c2cc(C)ccn12. The van der Waals surface area contributed by atoms with E-state index in [9.17, 15) is 0 Å². The number of aromatic nitrogens is 2. The van der Waals surface area contributed by atoms with Gasteiger partial charge in [-0.3, -0.25) is 0 Å². The fraction of sp³-hybridized carbons (Fsp3) is 0.364. The largest absolute Gasteiger partial charge is 0.303 e. The van der Waals surface area contributed by atoms with E-state index in [0.29, 0.717) is 5.88 Å². The molecule has 0 fully saturated rings. The van der Waals surface area contributed by atoms with Gasteiger partial charge in [0, 0.05) is 12.6 Å². The number of halogens is 1. The predicted molar refractivity (Wildman–Crippen MR) is 58.9 cm³/mol. The Morgan fingerprint density at radius 3 is 2.93 bits per heavy atom. The first-order valence-corrected chi connectivity index (χ1v) is 5.32. The maximum atomic E-state index is 5.85. The van der Waals surface area contributed by atoms with Gasteiger partial charge in [-0.05, 0) is 24.6 Å². The number of imidazole rings is 1. The van der Waals surface area contributed by atoms with Crippen molar-refractivity contribution in [3.63, 3.8) is 0 Å². The quantitative estimate of drug-likeness (QED) is 0.694. The lowest BCUT2D eigenvalue weighted by atomic mass is 10.2. The zero-order chi connectivity index (χ0) is 10.1. The molecule has 0 amide bonds. The van der Waals surface area contributed by atoms with E-state index in [4.69, 9.17) is 11.6 Å². The highest BCUT2D eigenvalue weighted by Gasteiger charge is 2.08. The molecule has 0 bridgehead atoms. The van der Waals surface area contributed by atoms with Gasteiger partial charge in [0.15, 0.2) is 0 Å². The molecule has 0 saturated carbocycles. The number of fused-ring (bicyclic) bond motifs is 1. The Morgan fingerprint density at radius 1 is 1.50 bits per heavy atom. The fourth-order valence-electron chi connectivity index (χ4n) is 1.67. The van der Waals surface area contributed by atoms with Crippen LogP contribution >= 0.6 is 11.6 Å². The van der Waals surface area contributed by atoms with Crippen LogP contribution in [0.2, 0.25) is 0 Å². The fourth-order valence-corrected chi connectivity index (χ4v) is 1.86. The zero-order valence-corrected chi connectivity index (χ0v) is 9.17. The summed E-state index contributed by atoms with van der Waals surface area (Å²) < 4.78 is 2.12. The minimum Gasteiger partial charge on any atom is -0.303 e. The average molecular weight is 209 g/mol. The van der Waals surface area contributed by atoms with Crippen molar-refractivity contribution in [1.29, 1.82) is 0 Å². The lowest BCUT2D eigenvalue weighted by Crippen LogP contribution is -1.91. The lowest BCUT2D eigenvalue weighted by molar-refractivity contribution is 0.927. The van der Waals surface area contributed by atoms with Crippen LogP contribution in [0.3, 0.4) is 0 Å². The van der Waals surface area contributed by atoms with E-state index in [1.807, 2.05) is 0 Å². The second kappa shape index (κ2) is 3.62. The van der Waals surface area contributed by atoms with Crippen molar-refractivity contribution < 1.29 is 0 Å². The number of rotatable bonds is 2. The topological polar surface area (TPSA) is 17.3 Å². The molecule has 3 heteroatoms. The second-order valence-corrected chi connectivity index (χ2v) is 3.69. The summed E-state index contributed by atoms with van der Waals surface area (Å²) in [5, 5.41) is 0. The molecule has 0 atom stereocenters. The minimum atomic E-state index is 0.479. The third-order valence-corrected chi connectivity index (χ3v) is 2.64. The molecule has 2 aromatic heterocycles. The predicted octanol–water partition coefficient (Wildman–Crippen LogP) is 2.94. The molecule has 0 aliphatic rings. The molecule has 0 aromatic carbocycles. The maximum absolute atomic E-state index is 5.85. The normalized spacial score (nSPS) is 11.1. The van der Waals surface area contributed by atoms with Crippen LogP contribution in [0.1, 0.15) is 24.0 Å². The van der Waals surface area contributed by atoms with Crippen molar-refractivity contribution in [3.8, 4) is 0 Å². The molecule has 0 aliphatic carbocycles. The molecule has 0 saturated heterocycles.